The summed E-state index contributed by atoms with van der Waals surface area (Å²) in [5.41, 5.74) is 3.02. The minimum absolute atomic E-state index is 0.0397. The summed E-state index contributed by atoms with van der Waals surface area (Å²) < 4.78 is 3.92. The van der Waals surface area contributed by atoms with Crippen LogP contribution >= 0.6 is 11.5 Å². The lowest BCUT2D eigenvalue weighted by molar-refractivity contribution is -0.140. The van der Waals surface area contributed by atoms with Gasteiger partial charge in [0.05, 0.1) is 11.1 Å². The van der Waals surface area contributed by atoms with Gasteiger partial charge < -0.3 is 15.1 Å². The van der Waals surface area contributed by atoms with E-state index in [0.717, 1.165) is 27.7 Å². The second-order valence-electron chi connectivity index (χ2n) is 9.41. The fourth-order valence-electron chi connectivity index (χ4n) is 4.49. The second-order valence-corrected chi connectivity index (χ2v) is 10.0. The van der Waals surface area contributed by atoms with Crippen molar-refractivity contribution in [2.45, 2.75) is 12.6 Å². The van der Waals surface area contributed by atoms with Gasteiger partial charge in [-0.15, -0.1) is 5.10 Å². The number of amides is 4. The van der Waals surface area contributed by atoms with Crippen LogP contribution in [0.25, 0.3) is 0 Å². The molecule has 1 aliphatic heterocycles. The molecule has 0 saturated heterocycles. The number of anilines is 2. The standard InChI is InChI=1S/C29H26N6O4S/c1-33(2)21-14-12-20(13-15-21)30-27(37)26(24-18-40-32-31-24)34(16-19-8-4-3-5-9-19)25(36)17-35-28(38)22-10-6-7-11-23(22)29(35)39/h3-15,18,26H,16-17H2,1-2H3,(H,30,37). The van der Waals surface area contributed by atoms with E-state index in [1.54, 1.807) is 41.8 Å². The molecule has 1 N–H and O–H groups in total. The average molecular weight is 555 g/mol. The van der Waals surface area contributed by atoms with Crippen LogP contribution in [-0.2, 0) is 16.1 Å². The fraction of sp³-hybridized carbons (Fsp3) is 0.172. The highest BCUT2D eigenvalue weighted by molar-refractivity contribution is 7.03. The van der Waals surface area contributed by atoms with Gasteiger partial charge in [0, 0.05) is 37.4 Å². The van der Waals surface area contributed by atoms with Crippen LogP contribution in [0, 0.1) is 0 Å². The Bertz CT molecular complexity index is 1510. The molecule has 4 amide bonds. The lowest BCUT2D eigenvalue weighted by Gasteiger charge is -2.31. The normalized spacial score (nSPS) is 13.1. The van der Waals surface area contributed by atoms with Crippen LogP contribution in [0.5, 0.6) is 0 Å². The highest BCUT2D eigenvalue weighted by Gasteiger charge is 2.40. The number of nitrogens with zero attached hydrogens (tertiary/aromatic N) is 5. The number of carbonyl (C=O) groups excluding carboxylic acids is 4. The Balaban J connectivity index is 1.47. The molecular weight excluding hydrogens is 528 g/mol. The van der Waals surface area contributed by atoms with E-state index in [4.69, 9.17) is 0 Å². The molecule has 1 aromatic heterocycles. The maximum Gasteiger partial charge on any atom is 0.262 e. The van der Waals surface area contributed by atoms with Gasteiger partial charge in [0.1, 0.15) is 12.2 Å². The monoisotopic (exact) mass is 554 g/mol. The molecule has 11 heteroatoms. The first-order valence-corrected chi connectivity index (χ1v) is 13.3. The average Bonchev–Trinajstić information content (AvgIpc) is 3.57. The third-order valence-electron chi connectivity index (χ3n) is 6.56. The van der Waals surface area contributed by atoms with Crippen molar-refractivity contribution in [1.82, 2.24) is 19.4 Å². The maximum absolute atomic E-state index is 13.9. The summed E-state index contributed by atoms with van der Waals surface area (Å²) in [6.45, 7) is -0.490. The number of carbonyl (C=O) groups is 4. The van der Waals surface area contributed by atoms with Gasteiger partial charge in [0.2, 0.25) is 5.91 Å². The molecular formula is C29H26N6O4S. The van der Waals surface area contributed by atoms with Crippen LogP contribution in [0.1, 0.15) is 38.0 Å². The number of imide groups is 1. The fourth-order valence-corrected chi connectivity index (χ4v) is 4.97. The minimum Gasteiger partial charge on any atom is -0.378 e. The predicted molar refractivity (Wildman–Crippen MR) is 151 cm³/mol. The van der Waals surface area contributed by atoms with Crippen molar-refractivity contribution in [1.29, 1.82) is 0 Å². The number of rotatable bonds is 9. The molecule has 4 aromatic rings. The molecule has 2 heterocycles. The molecule has 0 aliphatic carbocycles. The van der Waals surface area contributed by atoms with Gasteiger partial charge in [0.25, 0.3) is 17.7 Å². The Hall–Kier alpha value is -4.90. The van der Waals surface area contributed by atoms with Crippen molar-refractivity contribution >= 4 is 46.5 Å². The molecule has 40 heavy (non-hydrogen) atoms. The maximum atomic E-state index is 13.9. The molecule has 1 aliphatic rings. The molecule has 0 spiro atoms. The number of fused-ring (bicyclic) bond motifs is 1. The number of nitrogens with one attached hydrogen (secondary N) is 1. The largest absolute Gasteiger partial charge is 0.378 e. The highest BCUT2D eigenvalue weighted by atomic mass is 32.1. The smallest absolute Gasteiger partial charge is 0.262 e. The van der Waals surface area contributed by atoms with Gasteiger partial charge in [-0.3, -0.25) is 24.1 Å². The van der Waals surface area contributed by atoms with Crippen molar-refractivity contribution in [2.24, 2.45) is 0 Å². The zero-order valence-electron chi connectivity index (χ0n) is 21.9. The zero-order valence-corrected chi connectivity index (χ0v) is 22.7. The lowest BCUT2D eigenvalue weighted by Crippen LogP contribution is -2.47. The van der Waals surface area contributed by atoms with E-state index in [0.29, 0.717) is 5.69 Å². The Morgan fingerprint density at radius 1 is 0.900 bits per heavy atom. The molecule has 202 valence electrons. The van der Waals surface area contributed by atoms with Gasteiger partial charge in [0.15, 0.2) is 6.04 Å². The Morgan fingerprint density at radius 3 is 2.10 bits per heavy atom. The highest BCUT2D eigenvalue weighted by Crippen LogP contribution is 2.28. The molecule has 3 aromatic carbocycles. The van der Waals surface area contributed by atoms with E-state index < -0.39 is 36.2 Å². The Morgan fingerprint density at radius 2 is 1.52 bits per heavy atom. The van der Waals surface area contributed by atoms with Crippen LogP contribution in [0.4, 0.5) is 11.4 Å². The van der Waals surface area contributed by atoms with Gasteiger partial charge in [-0.2, -0.15) is 0 Å². The van der Waals surface area contributed by atoms with E-state index in [1.807, 2.05) is 61.5 Å². The SMILES string of the molecule is CN(C)c1ccc(NC(=O)C(c2csnn2)N(Cc2ccccc2)C(=O)CN2C(=O)c3ccccc3C2=O)cc1. The molecule has 1 unspecified atom stereocenters. The summed E-state index contributed by atoms with van der Waals surface area (Å²) in [5.74, 6) is -2.19. The van der Waals surface area contributed by atoms with Crippen molar-refractivity contribution < 1.29 is 19.2 Å². The van der Waals surface area contributed by atoms with E-state index in [1.165, 1.54) is 4.90 Å². The third kappa shape index (κ3) is 5.45. The van der Waals surface area contributed by atoms with Crippen LogP contribution < -0.4 is 10.2 Å². The summed E-state index contributed by atoms with van der Waals surface area (Å²) in [4.78, 5) is 57.9. The molecule has 0 fully saturated rings. The van der Waals surface area contributed by atoms with Crippen molar-refractivity contribution in [3.63, 3.8) is 0 Å². The molecule has 10 nitrogen and oxygen atoms in total. The van der Waals surface area contributed by atoms with Gasteiger partial charge in [-0.25, -0.2) is 0 Å². The predicted octanol–water partition coefficient (Wildman–Crippen LogP) is 3.61. The summed E-state index contributed by atoms with van der Waals surface area (Å²) >= 11 is 1.05. The van der Waals surface area contributed by atoms with Crippen LogP contribution in [-0.4, -0.2) is 63.7 Å². The first kappa shape index (κ1) is 26.7. The number of hydrogen-bond acceptors (Lipinski definition) is 8. The topological polar surface area (TPSA) is 116 Å². The van der Waals surface area contributed by atoms with Gasteiger partial charge in [-0.1, -0.05) is 47.0 Å². The molecule has 5 rings (SSSR count). The van der Waals surface area contributed by atoms with Crippen molar-refractivity contribution in [2.75, 3.05) is 30.9 Å². The van der Waals surface area contributed by atoms with E-state index in [-0.39, 0.29) is 23.4 Å². The third-order valence-corrected chi connectivity index (χ3v) is 7.08. The molecule has 0 saturated carbocycles. The van der Waals surface area contributed by atoms with Crippen LogP contribution in [0.15, 0.2) is 84.2 Å². The second kappa shape index (κ2) is 11.5. The number of benzene rings is 3. The first-order chi connectivity index (χ1) is 19.3. The van der Waals surface area contributed by atoms with Crippen LogP contribution in [0.3, 0.4) is 0 Å². The zero-order chi connectivity index (χ0) is 28.2. The lowest BCUT2D eigenvalue weighted by atomic mass is 10.1. The minimum atomic E-state index is -1.17. The first-order valence-electron chi connectivity index (χ1n) is 12.5. The Kier molecular flexibility index (Phi) is 7.65. The van der Waals surface area contributed by atoms with Crippen molar-refractivity contribution in [3.8, 4) is 0 Å². The summed E-state index contributed by atoms with van der Waals surface area (Å²) in [6, 6.07) is 21.7. The van der Waals surface area contributed by atoms with Gasteiger partial charge >= 0.3 is 0 Å². The van der Waals surface area contributed by atoms with Gasteiger partial charge in [-0.05, 0) is 53.5 Å². The summed E-state index contributed by atoms with van der Waals surface area (Å²) in [5, 5.41) is 8.60. The molecule has 0 bridgehead atoms. The van der Waals surface area contributed by atoms with E-state index in [2.05, 4.69) is 14.9 Å². The van der Waals surface area contributed by atoms with Crippen molar-refractivity contribution in [3.05, 3.63) is 107 Å². The summed E-state index contributed by atoms with van der Waals surface area (Å²) in [6.07, 6.45) is 0. The number of hydrogen-bond donors (Lipinski definition) is 1. The quantitative estimate of drug-likeness (QED) is 0.314. The van der Waals surface area contributed by atoms with E-state index >= 15 is 0 Å². The summed E-state index contributed by atoms with van der Waals surface area (Å²) in [7, 11) is 3.83. The molecule has 1 atom stereocenters. The molecule has 0 radical (unpaired) electrons. The Labute approximate surface area is 235 Å². The number of aromatic nitrogens is 2. The van der Waals surface area contributed by atoms with Crippen LogP contribution in [0.2, 0.25) is 0 Å². The van der Waals surface area contributed by atoms with E-state index in [9.17, 15) is 19.2 Å².